The highest BCUT2D eigenvalue weighted by molar-refractivity contribution is 5.58. The third kappa shape index (κ3) is 4.02. The lowest BCUT2D eigenvalue weighted by atomic mass is 10.0. The van der Waals surface area contributed by atoms with Crippen LogP contribution in [0.5, 0.6) is 0 Å². The average Bonchev–Trinajstić information content (AvgIpc) is 3.43. The maximum Gasteiger partial charge on any atom is 0.314 e. The van der Waals surface area contributed by atoms with Gasteiger partial charge in [0, 0.05) is 17.3 Å². The van der Waals surface area contributed by atoms with E-state index in [0.717, 1.165) is 24.0 Å². The monoisotopic (exact) mass is 411 g/mol. The molecule has 0 bridgehead atoms. The highest BCUT2D eigenvalue weighted by Crippen LogP contribution is 2.28. The molecule has 1 aromatic carbocycles. The lowest BCUT2D eigenvalue weighted by molar-refractivity contribution is 0.116. The number of nitrogen functional groups attached to an aromatic ring is 1. The quantitative estimate of drug-likeness (QED) is 0.483. The molecule has 2 N–H and O–H groups in total. The van der Waals surface area contributed by atoms with Gasteiger partial charge in [-0.3, -0.25) is 0 Å². The Morgan fingerprint density at radius 1 is 1.03 bits per heavy atom. The number of alkyl halides is 2. The van der Waals surface area contributed by atoms with Crippen LogP contribution >= 0.6 is 0 Å². The molecule has 1 atom stereocenters. The van der Waals surface area contributed by atoms with E-state index < -0.39 is 12.3 Å². The summed E-state index contributed by atoms with van der Waals surface area (Å²) in [4.78, 5) is 4.09. The Morgan fingerprint density at radius 2 is 1.80 bits per heavy atom. The van der Waals surface area contributed by atoms with Crippen molar-refractivity contribution in [2.75, 3.05) is 5.73 Å². The summed E-state index contributed by atoms with van der Waals surface area (Å²) in [6.45, 7) is 2.09. The van der Waals surface area contributed by atoms with Crippen LogP contribution in [-0.4, -0.2) is 30.2 Å². The number of nitrogens with two attached hydrogens (primary N) is 1. The molecular weight excluding hydrogens is 392 g/mol. The van der Waals surface area contributed by atoms with Gasteiger partial charge in [0.1, 0.15) is 11.5 Å². The summed E-state index contributed by atoms with van der Waals surface area (Å²) in [5.74, 6) is -0.190. The maximum atomic E-state index is 12.7. The summed E-state index contributed by atoms with van der Waals surface area (Å²) in [5, 5.41) is 15.6. The third-order valence-corrected chi connectivity index (χ3v) is 4.64. The van der Waals surface area contributed by atoms with E-state index in [4.69, 9.17) is 10.2 Å². The average molecular weight is 411 g/mol. The fraction of sp³-hybridized carbons (Fsp3) is 0.250. The van der Waals surface area contributed by atoms with Crippen molar-refractivity contribution in [2.45, 2.75) is 32.2 Å². The zero-order valence-corrected chi connectivity index (χ0v) is 16.1. The van der Waals surface area contributed by atoms with Crippen LogP contribution in [0.1, 0.15) is 43.7 Å². The van der Waals surface area contributed by atoms with E-state index in [-0.39, 0.29) is 11.9 Å². The summed E-state index contributed by atoms with van der Waals surface area (Å²) in [7, 11) is 0. The molecule has 8 nitrogen and oxygen atoms in total. The predicted molar refractivity (Wildman–Crippen MR) is 105 cm³/mol. The van der Waals surface area contributed by atoms with Crippen LogP contribution in [0.15, 0.2) is 53.2 Å². The molecule has 4 aromatic rings. The van der Waals surface area contributed by atoms with Crippen molar-refractivity contribution in [3.05, 3.63) is 60.2 Å². The normalized spacial score (nSPS) is 12.4. The molecule has 3 heterocycles. The first-order chi connectivity index (χ1) is 14.5. The molecule has 0 unspecified atom stereocenters. The Hall–Kier alpha value is -3.69. The first kappa shape index (κ1) is 19.6. The summed E-state index contributed by atoms with van der Waals surface area (Å²) >= 11 is 0. The second kappa shape index (κ2) is 8.36. The van der Waals surface area contributed by atoms with E-state index in [0.29, 0.717) is 17.1 Å². The summed E-state index contributed by atoms with van der Waals surface area (Å²) in [6, 6.07) is 10.9. The number of nitrogens with zero attached hydrogens (tertiary/aromatic N) is 6. The number of anilines is 1. The molecule has 0 radical (unpaired) electrons. The first-order valence-electron chi connectivity index (χ1n) is 9.40. The third-order valence-electron chi connectivity index (χ3n) is 4.64. The van der Waals surface area contributed by atoms with Crippen LogP contribution in [0.4, 0.5) is 14.6 Å². The van der Waals surface area contributed by atoms with Gasteiger partial charge in [-0.25, -0.2) is 9.67 Å². The molecule has 10 heteroatoms. The van der Waals surface area contributed by atoms with Crippen molar-refractivity contribution in [3.8, 4) is 22.7 Å². The van der Waals surface area contributed by atoms with Crippen LogP contribution in [0.2, 0.25) is 0 Å². The summed E-state index contributed by atoms with van der Waals surface area (Å²) in [5.41, 5.74) is 8.74. The topological polar surface area (TPSA) is 109 Å². The number of hydrogen-bond donors (Lipinski definition) is 1. The molecule has 30 heavy (non-hydrogen) atoms. The summed E-state index contributed by atoms with van der Waals surface area (Å²) < 4.78 is 32.1. The standard InChI is InChI=1S/C20H19F2N7O/c1-2-3-16(29-11-15(25-28-29)14-8-9-17(23)24-10-14)12-4-6-13(7-5-12)19-26-27-20(30-19)18(21)22/h4-11,16,18H,2-3H2,1H3,(H2,23,24)/t16-/m0/s1. The lowest BCUT2D eigenvalue weighted by Gasteiger charge is -2.16. The predicted octanol–water partition coefficient (Wildman–Crippen LogP) is 4.30. The van der Waals surface area contributed by atoms with Gasteiger partial charge in [-0.1, -0.05) is 30.7 Å². The number of benzene rings is 1. The lowest BCUT2D eigenvalue weighted by Crippen LogP contribution is -2.11. The van der Waals surface area contributed by atoms with E-state index in [1.165, 1.54) is 0 Å². The van der Waals surface area contributed by atoms with E-state index in [2.05, 4.69) is 32.4 Å². The molecule has 3 aromatic heterocycles. The zero-order chi connectivity index (χ0) is 21.1. The van der Waals surface area contributed by atoms with Gasteiger partial charge in [0.2, 0.25) is 5.89 Å². The van der Waals surface area contributed by atoms with E-state index in [9.17, 15) is 8.78 Å². The fourth-order valence-corrected chi connectivity index (χ4v) is 3.13. The Bertz CT molecular complexity index is 1110. The zero-order valence-electron chi connectivity index (χ0n) is 16.1. The highest BCUT2D eigenvalue weighted by atomic mass is 19.3. The van der Waals surface area contributed by atoms with Crippen molar-refractivity contribution in [3.63, 3.8) is 0 Å². The number of rotatable bonds is 7. The summed E-state index contributed by atoms with van der Waals surface area (Å²) in [6.07, 6.45) is 2.52. The van der Waals surface area contributed by atoms with Crippen molar-refractivity contribution in [1.29, 1.82) is 0 Å². The maximum absolute atomic E-state index is 12.7. The SMILES string of the molecule is CCC[C@@H](c1ccc(-c2nnc(C(F)F)o2)cc1)n1cc(-c2ccc(N)nc2)nn1. The van der Waals surface area contributed by atoms with Crippen molar-refractivity contribution < 1.29 is 13.2 Å². The van der Waals surface area contributed by atoms with Gasteiger partial charge >= 0.3 is 6.43 Å². The van der Waals surface area contributed by atoms with Gasteiger partial charge in [0.15, 0.2) is 0 Å². The Balaban J connectivity index is 1.59. The second-order valence-corrected chi connectivity index (χ2v) is 6.73. The molecule has 0 saturated carbocycles. The smallest absolute Gasteiger partial charge is 0.314 e. The van der Waals surface area contributed by atoms with Crippen molar-refractivity contribution in [1.82, 2.24) is 30.2 Å². The largest absolute Gasteiger partial charge is 0.415 e. The number of hydrogen-bond acceptors (Lipinski definition) is 7. The fourth-order valence-electron chi connectivity index (χ4n) is 3.13. The molecule has 0 fully saturated rings. The number of pyridine rings is 1. The Morgan fingerprint density at radius 3 is 2.43 bits per heavy atom. The molecule has 0 aliphatic carbocycles. The molecular formula is C20H19F2N7O. The van der Waals surface area contributed by atoms with Crippen LogP contribution < -0.4 is 5.73 Å². The van der Waals surface area contributed by atoms with Crippen LogP contribution in [0.3, 0.4) is 0 Å². The minimum Gasteiger partial charge on any atom is -0.415 e. The van der Waals surface area contributed by atoms with Gasteiger partial charge in [-0.05, 0) is 36.2 Å². The molecule has 0 spiro atoms. The molecule has 0 aliphatic rings. The van der Waals surface area contributed by atoms with E-state index in [1.807, 2.05) is 29.1 Å². The van der Waals surface area contributed by atoms with Crippen LogP contribution in [0, 0.1) is 0 Å². The first-order valence-corrected chi connectivity index (χ1v) is 9.40. The molecule has 154 valence electrons. The van der Waals surface area contributed by atoms with Gasteiger partial charge in [-0.2, -0.15) is 8.78 Å². The van der Waals surface area contributed by atoms with E-state index >= 15 is 0 Å². The highest BCUT2D eigenvalue weighted by Gasteiger charge is 2.19. The Labute approximate surface area is 170 Å². The number of aromatic nitrogens is 6. The van der Waals surface area contributed by atoms with Gasteiger partial charge < -0.3 is 10.2 Å². The van der Waals surface area contributed by atoms with Crippen molar-refractivity contribution in [2.24, 2.45) is 0 Å². The number of halogens is 2. The van der Waals surface area contributed by atoms with Gasteiger partial charge in [0.25, 0.3) is 5.89 Å². The van der Waals surface area contributed by atoms with Crippen LogP contribution in [0.25, 0.3) is 22.7 Å². The van der Waals surface area contributed by atoms with E-state index in [1.54, 1.807) is 24.4 Å². The van der Waals surface area contributed by atoms with Gasteiger partial charge in [-0.15, -0.1) is 15.3 Å². The Kier molecular flexibility index (Phi) is 5.46. The van der Waals surface area contributed by atoms with Crippen molar-refractivity contribution >= 4 is 5.82 Å². The minimum absolute atomic E-state index is 0.0358. The van der Waals surface area contributed by atoms with Crippen LogP contribution in [-0.2, 0) is 0 Å². The minimum atomic E-state index is -2.79. The molecule has 4 rings (SSSR count). The molecule has 0 saturated heterocycles. The second-order valence-electron chi connectivity index (χ2n) is 6.73. The molecule has 0 amide bonds. The molecule has 0 aliphatic heterocycles. The van der Waals surface area contributed by atoms with Gasteiger partial charge in [0.05, 0.1) is 12.2 Å².